The maximum atomic E-state index is 14.7. The third-order valence-corrected chi connectivity index (χ3v) is 8.91. The first kappa shape index (κ1) is 31.5. The lowest BCUT2D eigenvalue weighted by molar-refractivity contribution is 0.425. The Morgan fingerprint density at radius 1 is 1.04 bits per heavy atom. The van der Waals surface area contributed by atoms with E-state index in [0.717, 1.165) is 86.8 Å². The number of aromatic nitrogens is 4. The van der Waals surface area contributed by atoms with Crippen LogP contribution in [-0.2, 0) is 0 Å². The summed E-state index contributed by atoms with van der Waals surface area (Å²) in [5, 5.41) is 16.8. The number of likely N-dealkylation sites (N-methyl/N-ethyl adjacent to an activating group) is 1. The number of H-pyrrole nitrogens is 2. The van der Waals surface area contributed by atoms with Crippen LogP contribution in [-0.4, -0.2) is 65.3 Å². The molecule has 2 aromatic carbocycles. The predicted octanol–water partition coefficient (Wildman–Crippen LogP) is 8.18. The van der Waals surface area contributed by atoms with E-state index in [1.54, 1.807) is 6.20 Å². The summed E-state index contributed by atoms with van der Waals surface area (Å²) in [6.45, 7) is 9.58. The van der Waals surface area contributed by atoms with Gasteiger partial charge >= 0.3 is 0 Å². The molecule has 0 aliphatic heterocycles. The number of aromatic amines is 2. The normalized spacial score (nSPS) is 14.6. The van der Waals surface area contributed by atoms with E-state index in [0.29, 0.717) is 6.54 Å². The highest BCUT2D eigenvalue weighted by molar-refractivity contribution is 6.01. The van der Waals surface area contributed by atoms with Gasteiger partial charge in [0.1, 0.15) is 11.5 Å². The zero-order valence-electron chi connectivity index (χ0n) is 27.1. The predicted molar refractivity (Wildman–Crippen MR) is 190 cm³/mol. The number of nitrogens with zero attached hydrogens (tertiary/aromatic N) is 3. The third kappa shape index (κ3) is 7.14. The van der Waals surface area contributed by atoms with Gasteiger partial charge in [-0.3, -0.25) is 10.1 Å². The van der Waals surface area contributed by atoms with Crippen molar-refractivity contribution in [2.24, 2.45) is 5.92 Å². The molecule has 238 valence electrons. The Morgan fingerprint density at radius 3 is 2.65 bits per heavy atom. The summed E-state index contributed by atoms with van der Waals surface area (Å²) < 4.78 is 14.7. The highest BCUT2D eigenvalue weighted by atomic mass is 19.1. The lowest BCUT2D eigenvalue weighted by atomic mass is 9.99. The first-order valence-corrected chi connectivity index (χ1v) is 16.3. The smallest absolute Gasteiger partial charge is 0.125 e. The number of nitrogens with one attached hydrogen (secondary N) is 4. The number of allylic oxidation sites excluding steroid dienone is 3. The number of pyridine rings is 1. The first-order chi connectivity index (χ1) is 22.4. The summed E-state index contributed by atoms with van der Waals surface area (Å²) in [5.41, 5.74) is 9.15. The lowest BCUT2D eigenvalue weighted by Crippen LogP contribution is -2.23. The van der Waals surface area contributed by atoms with Crippen molar-refractivity contribution in [1.82, 2.24) is 30.4 Å². The molecular weight excluding hydrogens is 573 g/mol. The van der Waals surface area contributed by atoms with E-state index in [1.807, 2.05) is 32.3 Å². The fourth-order valence-corrected chi connectivity index (χ4v) is 6.41. The second kappa shape index (κ2) is 14.3. The number of anilines is 1. The van der Waals surface area contributed by atoms with Crippen LogP contribution >= 0.6 is 0 Å². The minimum Gasteiger partial charge on any atom is -0.384 e. The van der Waals surface area contributed by atoms with E-state index >= 15 is 0 Å². The van der Waals surface area contributed by atoms with Crippen LogP contribution in [0.5, 0.6) is 0 Å². The highest BCUT2D eigenvalue weighted by Gasteiger charge is 2.17. The highest BCUT2D eigenvalue weighted by Crippen LogP contribution is 2.35. The maximum Gasteiger partial charge on any atom is 0.125 e. The molecule has 0 unspecified atom stereocenters. The molecule has 0 atom stereocenters. The Hall–Kier alpha value is -4.53. The monoisotopic (exact) mass is 617 g/mol. The average Bonchev–Trinajstić information content (AvgIpc) is 3.81. The lowest BCUT2D eigenvalue weighted by Gasteiger charge is -2.12. The fourth-order valence-electron chi connectivity index (χ4n) is 6.41. The summed E-state index contributed by atoms with van der Waals surface area (Å²) in [6, 6.07) is 15.4. The van der Waals surface area contributed by atoms with E-state index < -0.39 is 0 Å². The zero-order chi connectivity index (χ0) is 32.0. The SMILES string of the molecule is C=C/C(=C\C(=C/C)c1ccc2[nH]nc(-c3cc4c(-c5cc(F)cc(NCCN(C)C)c5)nccc4[nH]3)c2c1)CNCC1CCCC1. The standard InChI is InChI=1S/C38H44FN7/c1-5-25(23-40-24-26-9-7-8-10-26)17-27(6-2)28-11-12-35-32(20-28)38(45-44-35)36-22-33-34(43-36)13-14-42-37(33)29-18-30(39)21-31(19-29)41-15-16-46(3)4/h5-6,11-14,17-22,26,40-41,43H,1,7-10,15-16,23-24H2,2-4H3,(H,44,45)/b25-17+,27-6+. The Bertz CT molecular complexity index is 1890. The van der Waals surface area contributed by atoms with Gasteiger partial charge in [0.15, 0.2) is 0 Å². The molecule has 5 aromatic rings. The average molecular weight is 618 g/mol. The Morgan fingerprint density at radius 2 is 1.87 bits per heavy atom. The molecule has 0 spiro atoms. The van der Waals surface area contributed by atoms with Crippen LogP contribution in [0.25, 0.3) is 50.0 Å². The van der Waals surface area contributed by atoms with Crippen LogP contribution in [0.15, 0.2) is 85.1 Å². The van der Waals surface area contributed by atoms with Crippen molar-refractivity contribution in [2.75, 3.05) is 45.6 Å². The van der Waals surface area contributed by atoms with Gasteiger partial charge in [-0.1, -0.05) is 43.7 Å². The Kier molecular flexibility index (Phi) is 9.76. The van der Waals surface area contributed by atoms with Crippen molar-refractivity contribution in [3.8, 4) is 22.6 Å². The van der Waals surface area contributed by atoms with Crippen molar-refractivity contribution in [3.63, 3.8) is 0 Å². The topological polar surface area (TPSA) is 84.7 Å². The van der Waals surface area contributed by atoms with E-state index in [1.165, 1.54) is 43.4 Å². The van der Waals surface area contributed by atoms with Gasteiger partial charge in [-0.05, 0) is 105 Å². The van der Waals surface area contributed by atoms with Gasteiger partial charge < -0.3 is 20.5 Å². The molecule has 1 saturated carbocycles. The molecule has 6 rings (SSSR count). The summed E-state index contributed by atoms with van der Waals surface area (Å²) in [7, 11) is 4.03. The molecule has 3 heterocycles. The van der Waals surface area contributed by atoms with Crippen LogP contribution in [0.4, 0.5) is 10.1 Å². The van der Waals surface area contributed by atoms with E-state index in [9.17, 15) is 4.39 Å². The summed E-state index contributed by atoms with van der Waals surface area (Å²) in [5.74, 6) is 0.496. The molecule has 46 heavy (non-hydrogen) atoms. The first-order valence-electron chi connectivity index (χ1n) is 16.3. The largest absolute Gasteiger partial charge is 0.384 e. The van der Waals surface area contributed by atoms with Crippen LogP contribution < -0.4 is 10.6 Å². The summed E-state index contributed by atoms with van der Waals surface area (Å²) in [4.78, 5) is 10.3. The number of hydrogen-bond donors (Lipinski definition) is 4. The molecule has 0 saturated heterocycles. The summed E-state index contributed by atoms with van der Waals surface area (Å²) in [6.07, 6.45) is 13.5. The second-order valence-electron chi connectivity index (χ2n) is 12.5. The van der Waals surface area contributed by atoms with Gasteiger partial charge in [0, 0.05) is 53.4 Å². The van der Waals surface area contributed by atoms with Gasteiger partial charge in [-0.25, -0.2) is 4.39 Å². The number of rotatable bonds is 13. The molecule has 0 bridgehead atoms. The summed E-state index contributed by atoms with van der Waals surface area (Å²) >= 11 is 0. The van der Waals surface area contributed by atoms with Crippen molar-refractivity contribution < 1.29 is 4.39 Å². The molecule has 8 heteroatoms. The van der Waals surface area contributed by atoms with Gasteiger partial charge in [0.05, 0.1) is 16.9 Å². The minimum absolute atomic E-state index is 0.303. The van der Waals surface area contributed by atoms with Crippen molar-refractivity contribution in [2.45, 2.75) is 32.6 Å². The molecule has 1 aliphatic carbocycles. The molecule has 7 nitrogen and oxygen atoms in total. The second-order valence-corrected chi connectivity index (χ2v) is 12.5. The molecule has 4 N–H and O–H groups in total. The van der Waals surface area contributed by atoms with E-state index in [4.69, 9.17) is 5.10 Å². The fraction of sp³-hybridized carbons (Fsp3) is 0.316. The number of halogens is 1. The van der Waals surface area contributed by atoms with Crippen molar-refractivity contribution in [3.05, 3.63) is 96.5 Å². The zero-order valence-corrected chi connectivity index (χ0v) is 27.1. The Labute approximate surface area is 270 Å². The van der Waals surface area contributed by atoms with E-state index in [-0.39, 0.29) is 5.82 Å². The molecule has 0 amide bonds. The number of hydrogen-bond acceptors (Lipinski definition) is 5. The van der Waals surface area contributed by atoms with E-state index in [2.05, 4.69) is 80.5 Å². The van der Waals surface area contributed by atoms with Crippen LogP contribution in [0.3, 0.4) is 0 Å². The van der Waals surface area contributed by atoms with Crippen LogP contribution in [0.1, 0.15) is 38.2 Å². The molecule has 0 radical (unpaired) electrons. The number of fused-ring (bicyclic) bond motifs is 2. The molecular formula is C38H44FN7. The molecule has 1 fully saturated rings. The minimum atomic E-state index is -0.303. The third-order valence-electron chi connectivity index (χ3n) is 8.91. The van der Waals surface area contributed by atoms with Crippen LogP contribution in [0.2, 0.25) is 0 Å². The van der Waals surface area contributed by atoms with Gasteiger partial charge in [-0.15, -0.1) is 0 Å². The van der Waals surface area contributed by atoms with Gasteiger partial charge in [0.2, 0.25) is 0 Å². The quantitative estimate of drug-likeness (QED) is 0.100. The van der Waals surface area contributed by atoms with Crippen LogP contribution in [0, 0.1) is 11.7 Å². The van der Waals surface area contributed by atoms with Gasteiger partial charge in [0.25, 0.3) is 0 Å². The molecule has 1 aliphatic rings. The van der Waals surface area contributed by atoms with Crippen molar-refractivity contribution in [1.29, 1.82) is 0 Å². The van der Waals surface area contributed by atoms with Gasteiger partial charge in [-0.2, -0.15) is 5.10 Å². The Balaban J connectivity index is 1.28. The number of benzene rings is 2. The molecule has 3 aromatic heterocycles. The maximum absolute atomic E-state index is 14.7. The van der Waals surface area contributed by atoms with Crippen molar-refractivity contribution >= 4 is 33.1 Å².